The van der Waals surface area contributed by atoms with Gasteiger partial charge in [-0.25, -0.2) is 0 Å². The fourth-order valence-electron chi connectivity index (χ4n) is 10.7. The van der Waals surface area contributed by atoms with E-state index in [0.29, 0.717) is 11.8 Å². The Labute approximate surface area is 390 Å². The molecule has 2 aliphatic rings. The third-order valence-corrected chi connectivity index (χ3v) is 13.9. The first kappa shape index (κ1) is 40.8. The summed E-state index contributed by atoms with van der Waals surface area (Å²) in [5.74, 6) is 0.737. The number of para-hydroxylation sites is 3. The summed E-state index contributed by atoms with van der Waals surface area (Å²) in [4.78, 5) is 4.79. The van der Waals surface area contributed by atoms with E-state index in [9.17, 15) is 0 Å². The zero-order valence-electron chi connectivity index (χ0n) is 37.7. The maximum atomic E-state index is 2.48. The zero-order chi connectivity index (χ0) is 44.6. The molecule has 2 aliphatic carbocycles. The largest absolute Gasteiger partial charge is 0.311 e. The van der Waals surface area contributed by atoms with Crippen LogP contribution in [0.15, 0.2) is 254 Å². The lowest BCUT2D eigenvalue weighted by atomic mass is 9.72. The van der Waals surface area contributed by atoms with Gasteiger partial charge in [0.15, 0.2) is 0 Å². The third-order valence-electron chi connectivity index (χ3n) is 13.9. The molecule has 0 saturated carbocycles. The van der Waals surface area contributed by atoms with Crippen LogP contribution in [0.5, 0.6) is 0 Å². The molecule has 2 heteroatoms. The molecule has 0 aromatic heterocycles. The van der Waals surface area contributed by atoms with Gasteiger partial charge in [0, 0.05) is 34.4 Å². The van der Waals surface area contributed by atoms with Crippen molar-refractivity contribution >= 4 is 34.1 Å². The van der Waals surface area contributed by atoms with Crippen LogP contribution >= 0.6 is 0 Å². The second-order valence-corrected chi connectivity index (χ2v) is 18.2. The molecule has 318 valence electrons. The van der Waals surface area contributed by atoms with Gasteiger partial charge in [-0.2, -0.15) is 0 Å². The van der Waals surface area contributed by atoms with E-state index in [1.165, 1.54) is 61.3 Å². The number of anilines is 6. The second kappa shape index (κ2) is 17.2. The quantitative estimate of drug-likeness (QED) is 0.135. The Morgan fingerprint density at radius 2 is 0.758 bits per heavy atom. The van der Waals surface area contributed by atoms with Gasteiger partial charge in [0.05, 0.1) is 5.69 Å². The Morgan fingerprint density at radius 3 is 1.21 bits per heavy atom. The second-order valence-electron chi connectivity index (χ2n) is 18.2. The molecule has 0 saturated heterocycles. The normalized spacial score (nSPS) is 15.7. The highest BCUT2D eigenvalue weighted by atomic mass is 15.1. The lowest BCUT2D eigenvalue weighted by molar-refractivity contribution is 0.387. The predicted octanol–water partition coefficient (Wildman–Crippen LogP) is 17.8. The van der Waals surface area contributed by atoms with E-state index in [-0.39, 0.29) is 5.41 Å². The summed E-state index contributed by atoms with van der Waals surface area (Å²) in [5.41, 5.74) is 20.6. The van der Waals surface area contributed by atoms with Crippen molar-refractivity contribution in [1.29, 1.82) is 0 Å². The van der Waals surface area contributed by atoms with Crippen molar-refractivity contribution in [2.75, 3.05) is 9.80 Å². The minimum atomic E-state index is 0.0113. The SMILES string of the molecule is CC1=CC=CC2C1c1c(N(c3ccccc3)c3ccc(-c4cc(-c5ccccc5)c(-c5ccc(N(c6ccccc6)c6ccccc6)cc5)cc4-c4ccccc4)cc3)cccc1C2(C)C. The summed E-state index contributed by atoms with van der Waals surface area (Å²) < 4.78 is 0. The van der Waals surface area contributed by atoms with Crippen LogP contribution in [-0.4, -0.2) is 0 Å². The van der Waals surface area contributed by atoms with Crippen LogP contribution in [0.2, 0.25) is 0 Å². The summed E-state index contributed by atoms with van der Waals surface area (Å²) in [6.07, 6.45) is 7.01. The van der Waals surface area contributed by atoms with Gasteiger partial charge in [-0.05, 0) is 153 Å². The Morgan fingerprint density at radius 1 is 0.379 bits per heavy atom. The maximum Gasteiger partial charge on any atom is 0.0502 e. The molecular formula is C64H52N2. The van der Waals surface area contributed by atoms with Crippen molar-refractivity contribution in [3.05, 3.63) is 265 Å². The van der Waals surface area contributed by atoms with Gasteiger partial charge in [0.25, 0.3) is 0 Å². The van der Waals surface area contributed by atoms with Crippen LogP contribution in [-0.2, 0) is 5.41 Å². The zero-order valence-corrected chi connectivity index (χ0v) is 37.7. The van der Waals surface area contributed by atoms with Gasteiger partial charge in [-0.1, -0.05) is 189 Å². The van der Waals surface area contributed by atoms with Gasteiger partial charge >= 0.3 is 0 Å². The Bertz CT molecular complexity index is 3150. The van der Waals surface area contributed by atoms with Crippen LogP contribution in [0, 0.1) is 5.92 Å². The lowest BCUT2D eigenvalue weighted by Gasteiger charge is -2.32. The van der Waals surface area contributed by atoms with Crippen molar-refractivity contribution in [1.82, 2.24) is 0 Å². The number of rotatable bonds is 10. The molecule has 0 amide bonds. The van der Waals surface area contributed by atoms with Gasteiger partial charge in [-0.15, -0.1) is 0 Å². The predicted molar refractivity (Wildman–Crippen MR) is 280 cm³/mol. The van der Waals surface area contributed by atoms with E-state index in [2.05, 4.69) is 279 Å². The van der Waals surface area contributed by atoms with E-state index >= 15 is 0 Å². The van der Waals surface area contributed by atoms with Crippen molar-refractivity contribution in [3.8, 4) is 44.5 Å². The summed E-state index contributed by atoms with van der Waals surface area (Å²) in [6, 6.07) is 83.9. The van der Waals surface area contributed by atoms with E-state index in [4.69, 9.17) is 0 Å². The number of benzene rings is 9. The Kier molecular flexibility index (Phi) is 10.6. The highest BCUT2D eigenvalue weighted by Crippen LogP contribution is 2.59. The van der Waals surface area contributed by atoms with Crippen LogP contribution in [0.25, 0.3) is 44.5 Å². The molecule has 2 unspecified atom stereocenters. The van der Waals surface area contributed by atoms with E-state index in [0.717, 1.165) is 34.0 Å². The van der Waals surface area contributed by atoms with Gasteiger partial charge in [-0.3, -0.25) is 0 Å². The fourth-order valence-corrected chi connectivity index (χ4v) is 10.7. The van der Waals surface area contributed by atoms with Crippen molar-refractivity contribution in [2.45, 2.75) is 32.1 Å². The number of hydrogen-bond donors (Lipinski definition) is 0. The molecular weight excluding hydrogens is 797 g/mol. The molecule has 0 spiro atoms. The first-order chi connectivity index (χ1) is 32.4. The summed E-state index contributed by atoms with van der Waals surface area (Å²) in [6.45, 7) is 7.15. The molecule has 2 atom stereocenters. The standard InChI is InChI=1S/C64H52N2/c1-45-21-19-32-59-62(45)63-60(64(59,2)3)33-20-34-61(63)66(52-30-17-8-18-31-52)54-41-37-49(38-42-54)58-44-55(46-22-9-4-10-23-46)57(43-56(58)47-24-11-5-12-25-47)48-35-39-53(40-36-48)65(50-26-13-6-14-27-50)51-28-15-7-16-29-51/h4-44,59,62H,1-3H3. The number of nitrogens with zero attached hydrogens (tertiary/aromatic N) is 2. The van der Waals surface area contributed by atoms with Gasteiger partial charge < -0.3 is 9.80 Å². The molecule has 2 nitrogen and oxygen atoms in total. The molecule has 0 aliphatic heterocycles. The minimum absolute atomic E-state index is 0.0113. The average molecular weight is 849 g/mol. The van der Waals surface area contributed by atoms with E-state index in [1.54, 1.807) is 0 Å². The highest BCUT2D eigenvalue weighted by molar-refractivity contribution is 5.96. The third kappa shape index (κ3) is 7.35. The van der Waals surface area contributed by atoms with Crippen molar-refractivity contribution in [2.24, 2.45) is 5.92 Å². The Hall–Kier alpha value is -7.94. The monoisotopic (exact) mass is 848 g/mol. The molecule has 0 N–H and O–H groups in total. The number of hydrogen-bond acceptors (Lipinski definition) is 2. The van der Waals surface area contributed by atoms with Crippen LogP contribution in [0.4, 0.5) is 34.1 Å². The van der Waals surface area contributed by atoms with Gasteiger partial charge in [0.1, 0.15) is 0 Å². The highest BCUT2D eigenvalue weighted by Gasteiger charge is 2.48. The van der Waals surface area contributed by atoms with Crippen LogP contribution < -0.4 is 9.80 Å². The maximum absolute atomic E-state index is 2.48. The fraction of sp³-hybridized carbons (Fsp3) is 0.0938. The topological polar surface area (TPSA) is 6.48 Å². The summed E-state index contributed by atoms with van der Waals surface area (Å²) in [5, 5.41) is 0. The summed E-state index contributed by atoms with van der Waals surface area (Å²) in [7, 11) is 0. The Balaban J connectivity index is 1.04. The van der Waals surface area contributed by atoms with E-state index in [1.807, 2.05) is 0 Å². The molecule has 0 heterocycles. The molecule has 0 fully saturated rings. The molecule has 9 aromatic rings. The first-order valence-corrected chi connectivity index (χ1v) is 23.2. The van der Waals surface area contributed by atoms with Crippen molar-refractivity contribution < 1.29 is 0 Å². The lowest BCUT2D eigenvalue weighted by Crippen LogP contribution is -2.25. The van der Waals surface area contributed by atoms with Crippen LogP contribution in [0.3, 0.4) is 0 Å². The number of fused-ring (bicyclic) bond motifs is 3. The summed E-state index contributed by atoms with van der Waals surface area (Å²) >= 11 is 0. The van der Waals surface area contributed by atoms with Crippen molar-refractivity contribution in [3.63, 3.8) is 0 Å². The molecule has 9 aromatic carbocycles. The molecule has 66 heavy (non-hydrogen) atoms. The number of allylic oxidation sites excluding steroid dienone is 4. The minimum Gasteiger partial charge on any atom is -0.311 e. The smallest absolute Gasteiger partial charge is 0.0502 e. The molecule has 11 rings (SSSR count). The van der Waals surface area contributed by atoms with Gasteiger partial charge in [0.2, 0.25) is 0 Å². The van der Waals surface area contributed by atoms with E-state index < -0.39 is 0 Å². The average Bonchev–Trinajstić information content (AvgIpc) is 3.62. The first-order valence-electron chi connectivity index (χ1n) is 23.2. The molecule has 0 radical (unpaired) electrons. The van der Waals surface area contributed by atoms with Crippen LogP contribution in [0.1, 0.15) is 37.8 Å². The molecule has 0 bridgehead atoms.